The van der Waals surface area contributed by atoms with Crippen LogP contribution >= 0.6 is 11.6 Å². The predicted octanol–water partition coefficient (Wildman–Crippen LogP) is 5.32. The first-order valence-corrected chi connectivity index (χ1v) is 7.49. The third-order valence-electron chi connectivity index (χ3n) is 3.74. The van der Waals surface area contributed by atoms with Crippen molar-refractivity contribution in [2.24, 2.45) is 0 Å². The fourth-order valence-electron chi connectivity index (χ4n) is 2.60. The van der Waals surface area contributed by atoms with Crippen molar-refractivity contribution >= 4 is 17.2 Å². The largest absolute Gasteiger partial charge is 0.290 e. The van der Waals surface area contributed by atoms with E-state index in [1.165, 1.54) is 11.1 Å². The predicted molar refractivity (Wildman–Crippen MR) is 91.1 cm³/mol. The quantitative estimate of drug-likeness (QED) is 0.490. The molecule has 0 saturated heterocycles. The maximum atomic E-state index is 6.45. The van der Waals surface area contributed by atoms with Crippen LogP contribution in [0.4, 0.5) is 0 Å². The Balaban J connectivity index is 1.78. The highest BCUT2D eigenvalue weighted by atomic mass is 35.5. The van der Waals surface area contributed by atoms with E-state index in [9.17, 15) is 0 Å². The van der Waals surface area contributed by atoms with Crippen molar-refractivity contribution < 1.29 is 0 Å². The Morgan fingerprint density at radius 1 is 0.682 bits per heavy atom. The van der Waals surface area contributed by atoms with E-state index in [2.05, 4.69) is 41.4 Å². The number of fused-ring (bicyclic) bond motifs is 1. The Morgan fingerprint density at radius 3 is 2.05 bits per heavy atom. The minimum Gasteiger partial charge on any atom is -0.290 e. The van der Waals surface area contributed by atoms with Gasteiger partial charge in [0.1, 0.15) is 16.5 Å². The number of pyridine rings is 1. The fourth-order valence-corrected chi connectivity index (χ4v) is 2.90. The van der Waals surface area contributed by atoms with Crippen LogP contribution in [0.25, 0.3) is 28.0 Å². The SMILES string of the molecule is Clc1c(-c2ccc(-c3ccccc3)cc2)nc2ccccn12. The lowest BCUT2D eigenvalue weighted by Gasteiger charge is -2.03. The highest BCUT2D eigenvalue weighted by molar-refractivity contribution is 6.32. The molecule has 0 aliphatic heterocycles. The molecule has 2 heterocycles. The van der Waals surface area contributed by atoms with E-state index in [1.54, 1.807) is 0 Å². The van der Waals surface area contributed by atoms with Gasteiger partial charge in [0.2, 0.25) is 0 Å². The molecule has 2 aromatic heterocycles. The number of aromatic nitrogens is 2. The molecule has 4 aromatic rings. The molecule has 106 valence electrons. The van der Waals surface area contributed by atoms with Crippen LogP contribution in [0.15, 0.2) is 79.0 Å². The Labute approximate surface area is 133 Å². The highest BCUT2D eigenvalue weighted by Gasteiger charge is 2.11. The normalized spacial score (nSPS) is 11.0. The zero-order chi connectivity index (χ0) is 14.9. The molecule has 0 amide bonds. The Kier molecular flexibility index (Phi) is 3.17. The summed E-state index contributed by atoms with van der Waals surface area (Å²) in [6.45, 7) is 0. The molecule has 22 heavy (non-hydrogen) atoms. The standard InChI is InChI=1S/C19H13ClN2/c20-19-18(21-17-8-4-5-13-22(17)19)16-11-9-15(10-12-16)14-6-2-1-3-7-14/h1-13H. The summed E-state index contributed by atoms with van der Waals surface area (Å²) in [6, 6.07) is 24.5. The van der Waals surface area contributed by atoms with Crippen LogP contribution in [-0.4, -0.2) is 9.38 Å². The zero-order valence-corrected chi connectivity index (χ0v) is 12.5. The van der Waals surface area contributed by atoms with Gasteiger partial charge in [0.15, 0.2) is 0 Å². The molecule has 2 aromatic carbocycles. The number of hydrogen-bond acceptors (Lipinski definition) is 1. The molecular weight excluding hydrogens is 292 g/mol. The Bertz CT molecular complexity index is 925. The van der Waals surface area contributed by atoms with Crippen LogP contribution in [0.2, 0.25) is 5.15 Å². The second kappa shape index (κ2) is 5.32. The summed E-state index contributed by atoms with van der Waals surface area (Å²) < 4.78 is 1.89. The van der Waals surface area contributed by atoms with E-state index in [-0.39, 0.29) is 0 Å². The molecule has 0 radical (unpaired) electrons. The van der Waals surface area contributed by atoms with Crippen LogP contribution in [-0.2, 0) is 0 Å². The molecule has 0 unspecified atom stereocenters. The van der Waals surface area contributed by atoms with Crippen LogP contribution in [0.5, 0.6) is 0 Å². The number of imidazole rings is 1. The van der Waals surface area contributed by atoms with Gasteiger partial charge < -0.3 is 0 Å². The van der Waals surface area contributed by atoms with Crippen LogP contribution in [0, 0.1) is 0 Å². The molecule has 0 saturated carbocycles. The summed E-state index contributed by atoms with van der Waals surface area (Å²) in [5.41, 5.74) is 5.08. The van der Waals surface area contributed by atoms with Gasteiger partial charge in [-0.05, 0) is 23.3 Å². The van der Waals surface area contributed by atoms with Crippen molar-refractivity contribution in [3.63, 3.8) is 0 Å². The van der Waals surface area contributed by atoms with E-state index in [0.717, 1.165) is 16.9 Å². The molecule has 0 spiro atoms. The summed E-state index contributed by atoms with van der Waals surface area (Å²) in [7, 11) is 0. The number of hydrogen-bond donors (Lipinski definition) is 0. The first kappa shape index (κ1) is 13.1. The van der Waals surface area contributed by atoms with Crippen molar-refractivity contribution in [3.05, 3.63) is 84.1 Å². The van der Waals surface area contributed by atoms with Gasteiger partial charge >= 0.3 is 0 Å². The van der Waals surface area contributed by atoms with Crippen molar-refractivity contribution in [2.45, 2.75) is 0 Å². The van der Waals surface area contributed by atoms with Crippen molar-refractivity contribution in [3.8, 4) is 22.4 Å². The van der Waals surface area contributed by atoms with E-state index < -0.39 is 0 Å². The maximum absolute atomic E-state index is 6.45. The third kappa shape index (κ3) is 2.18. The number of rotatable bonds is 2. The summed E-state index contributed by atoms with van der Waals surface area (Å²) in [4.78, 5) is 4.62. The van der Waals surface area contributed by atoms with E-state index in [4.69, 9.17) is 11.6 Å². The van der Waals surface area contributed by atoms with E-state index in [1.807, 2.05) is 47.0 Å². The fraction of sp³-hybridized carbons (Fsp3) is 0. The van der Waals surface area contributed by atoms with Crippen molar-refractivity contribution in [1.82, 2.24) is 9.38 Å². The molecule has 0 N–H and O–H groups in total. The summed E-state index contributed by atoms with van der Waals surface area (Å²) >= 11 is 6.45. The average Bonchev–Trinajstić information content (AvgIpc) is 2.93. The smallest absolute Gasteiger partial charge is 0.141 e. The minimum atomic E-state index is 0.642. The van der Waals surface area contributed by atoms with Gasteiger partial charge in [-0.1, -0.05) is 72.3 Å². The van der Waals surface area contributed by atoms with Crippen molar-refractivity contribution in [2.75, 3.05) is 0 Å². The van der Waals surface area contributed by atoms with Gasteiger partial charge in [-0.2, -0.15) is 0 Å². The van der Waals surface area contributed by atoms with Gasteiger partial charge in [-0.3, -0.25) is 4.40 Å². The molecule has 0 fully saturated rings. The van der Waals surface area contributed by atoms with Crippen LogP contribution < -0.4 is 0 Å². The first-order valence-electron chi connectivity index (χ1n) is 7.11. The molecular formula is C19H13ClN2. The molecule has 0 atom stereocenters. The number of benzene rings is 2. The monoisotopic (exact) mass is 304 g/mol. The summed E-state index contributed by atoms with van der Waals surface area (Å²) in [6.07, 6.45) is 1.92. The van der Waals surface area contributed by atoms with Gasteiger partial charge in [0.05, 0.1) is 0 Å². The topological polar surface area (TPSA) is 17.3 Å². The highest BCUT2D eigenvalue weighted by Crippen LogP contribution is 2.30. The Morgan fingerprint density at radius 2 is 1.32 bits per heavy atom. The molecule has 0 bridgehead atoms. The molecule has 0 aliphatic carbocycles. The van der Waals surface area contributed by atoms with Gasteiger partial charge in [0, 0.05) is 11.8 Å². The summed E-state index contributed by atoms with van der Waals surface area (Å²) in [5.74, 6) is 0. The lowest BCUT2D eigenvalue weighted by Crippen LogP contribution is -1.82. The van der Waals surface area contributed by atoms with Gasteiger partial charge in [0.25, 0.3) is 0 Å². The second-order valence-electron chi connectivity index (χ2n) is 5.12. The lowest BCUT2D eigenvalue weighted by molar-refractivity contribution is 1.19. The second-order valence-corrected chi connectivity index (χ2v) is 5.48. The van der Waals surface area contributed by atoms with Crippen LogP contribution in [0.1, 0.15) is 0 Å². The summed E-state index contributed by atoms with van der Waals surface area (Å²) in [5, 5.41) is 0.642. The van der Waals surface area contributed by atoms with E-state index in [0.29, 0.717) is 5.15 Å². The average molecular weight is 305 g/mol. The molecule has 3 heteroatoms. The van der Waals surface area contributed by atoms with Gasteiger partial charge in [-0.15, -0.1) is 0 Å². The van der Waals surface area contributed by atoms with Gasteiger partial charge in [-0.25, -0.2) is 4.98 Å². The minimum absolute atomic E-state index is 0.642. The maximum Gasteiger partial charge on any atom is 0.141 e. The molecule has 2 nitrogen and oxygen atoms in total. The van der Waals surface area contributed by atoms with Crippen LogP contribution in [0.3, 0.4) is 0 Å². The van der Waals surface area contributed by atoms with Crippen molar-refractivity contribution in [1.29, 1.82) is 0 Å². The van der Waals surface area contributed by atoms with E-state index >= 15 is 0 Å². The Hall–Kier alpha value is -2.58. The molecule has 4 rings (SSSR count). The lowest BCUT2D eigenvalue weighted by atomic mass is 10.0. The molecule has 0 aliphatic rings. The third-order valence-corrected chi connectivity index (χ3v) is 4.10. The zero-order valence-electron chi connectivity index (χ0n) is 11.8. The number of nitrogens with zero attached hydrogens (tertiary/aromatic N) is 2. The number of halogens is 1. The first-order chi connectivity index (χ1) is 10.8.